The van der Waals surface area contributed by atoms with E-state index in [1.165, 1.54) is 94.2 Å². The number of carboxylic acids is 1. The molecule has 0 saturated heterocycles. The van der Waals surface area contributed by atoms with Crippen LogP contribution in [0.4, 0.5) is 0 Å². The molecule has 0 heterocycles. The molecule has 0 spiro atoms. The van der Waals surface area contributed by atoms with Gasteiger partial charge in [-0.05, 0) is 66.8 Å². The Bertz CT molecular complexity index is 3200. The number of Topliss-reactive ketones (excluding diaryl/α,β-unsaturated/α-hetero) is 9. The van der Waals surface area contributed by atoms with Crippen molar-refractivity contribution in [1.29, 1.82) is 0 Å². The summed E-state index contributed by atoms with van der Waals surface area (Å²) in [6, 6.07) is 22.0. The summed E-state index contributed by atoms with van der Waals surface area (Å²) < 4.78 is 27.0. The van der Waals surface area contributed by atoms with Gasteiger partial charge in [0.15, 0.2) is 17.3 Å². The van der Waals surface area contributed by atoms with Crippen molar-refractivity contribution >= 4 is 82.1 Å². The van der Waals surface area contributed by atoms with Gasteiger partial charge in [0.1, 0.15) is 34.7 Å². The van der Waals surface area contributed by atoms with Gasteiger partial charge in [-0.15, -0.1) is 0 Å². The van der Waals surface area contributed by atoms with E-state index in [0.717, 1.165) is 36.8 Å². The monoisotopic (exact) mass is 1790 g/mol. The standard InChI is InChI=1S/C11H12O3.C11H20O.C10H13NO3S.C10H18O.C10H12O.C10H20O.C9H20O2Si.C9H18O.C5H10NO.C5H10O.Ac/c1-7(2)10(12)8-3-5-9(6-4-8)11(13)14;1-9(2)11(12)8-10-6-4-3-5-7-10;1-7(2)10(12)8-3-5-9(6-4-8)15(11,13)14;1-8(2)10(11)7-9-5-3-4-6-9;1-8(2)10(11)9-6-4-3-5-7-9;1-7(2)6-9(5)10(11)8(3)4;1-8(2)9(10)11-6-7-12(3,4)5;1-7(2)8(10)6-9(3,4)5;1-4(2)5(7)3-6;1-4(2)5(3)6;/h3-7H,1-2H3,(H,13,14);9-10H,3-8H2,1-2H3;3-7H,1-2H3,(H2,11,13,14);8-9H,3-7H2,1-2H3;3-8H,1-2H3;7-9H,6H2,1-5H3;8H,6-7H2,1-5H3;7H,6H2,1-5H3;4,6H,3H2,1-2H3;4H,1-3H3;/q;;;;;;;;-1;;/t;;;;;9-;;;;;/m.....1...../s1. The Hall–Kier alpha value is -4.84. The molecule has 1 atom stereocenters. The summed E-state index contributed by atoms with van der Waals surface area (Å²) in [5.41, 5.74) is 8.81. The van der Waals surface area contributed by atoms with Crippen molar-refractivity contribution in [2.75, 3.05) is 13.2 Å². The number of rotatable bonds is 27. The number of sulfonamides is 1. The first-order valence-electron chi connectivity index (χ1n) is 40.0. The van der Waals surface area contributed by atoms with Crippen LogP contribution >= 0.6 is 0 Å². The van der Waals surface area contributed by atoms with Gasteiger partial charge in [0.25, 0.3) is 0 Å². The van der Waals surface area contributed by atoms with E-state index < -0.39 is 24.1 Å². The van der Waals surface area contributed by atoms with E-state index in [9.17, 15) is 61.2 Å². The Kier molecular flexibility index (Phi) is 65.9. The fourth-order valence-electron chi connectivity index (χ4n) is 9.78. The molecule has 627 valence electrons. The molecule has 17 nitrogen and oxygen atoms in total. The van der Waals surface area contributed by atoms with Crippen LogP contribution in [0, 0.1) is 132 Å². The Morgan fingerprint density at radius 2 is 0.800 bits per heavy atom. The predicted octanol–water partition coefficient (Wildman–Crippen LogP) is 22.5. The first kappa shape index (κ1) is 116. The zero-order valence-corrected chi connectivity index (χ0v) is 80.7. The van der Waals surface area contributed by atoms with Crippen LogP contribution in [0.3, 0.4) is 0 Å². The summed E-state index contributed by atoms with van der Waals surface area (Å²) in [6.07, 6.45) is 15.3. The fraction of sp³-hybridized carbons (Fsp3) is 0.678. The SMILES string of the molecule is CC(=O)C(C)C.CC(C)C(=O)CC(C)(C)C.CC(C)C(=O)CC1CCCC1.CC(C)C(=O)CC1CCCCC1.CC(C)C(=O)C[NH-].CC(C)C(=O)OCC[Si](C)(C)C.CC(C)C(=O)c1ccc(C(=O)O)cc1.CC(C)C(=O)c1ccc(S(N)(=O)=O)cc1.CC(C)C(=O)c1ccccc1.CC(C)C[C@@H](C)C(=O)C(C)C.[Ac]. The number of esters is 1. The normalized spacial score (nSPS) is 13.0. The van der Waals surface area contributed by atoms with E-state index >= 15 is 0 Å². The number of benzene rings is 3. The Balaban J connectivity index is -0.000000275. The molecule has 3 aromatic rings. The molecule has 2 fully saturated rings. The Morgan fingerprint density at radius 1 is 0.473 bits per heavy atom. The summed E-state index contributed by atoms with van der Waals surface area (Å²) in [5, 5.41) is 13.6. The summed E-state index contributed by atoms with van der Waals surface area (Å²) >= 11 is 0. The number of primary sulfonamides is 1. The maximum atomic E-state index is 11.5. The number of ether oxygens (including phenoxy) is 1. The van der Waals surface area contributed by atoms with Crippen molar-refractivity contribution in [2.45, 2.75) is 301 Å². The van der Waals surface area contributed by atoms with Crippen molar-refractivity contribution in [2.24, 2.45) is 93.4 Å². The van der Waals surface area contributed by atoms with Crippen molar-refractivity contribution in [3.8, 4) is 0 Å². The molecule has 2 aliphatic rings. The molecule has 5 rings (SSSR count). The topological polar surface area (TPSA) is 301 Å². The molecule has 2 saturated carbocycles. The van der Waals surface area contributed by atoms with Crippen molar-refractivity contribution in [1.82, 2.24) is 0 Å². The van der Waals surface area contributed by atoms with Crippen LogP contribution in [0.25, 0.3) is 5.73 Å². The third-order valence-corrected chi connectivity index (χ3v) is 20.0. The Labute approximate surface area is 705 Å². The second kappa shape index (κ2) is 62.5. The molecule has 4 N–H and O–H groups in total. The van der Waals surface area contributed by atoms with E-state index in [4.69, 9.17) is 20.7 Å². The van der Waals surface area contributed by atoms with Crippen LogP contribution in [0.15, 0.2) is 83.8 Å². The van der Waals surface area contributed by atoms with Crippen LogP contribution in [-0.2, 0) is 48.3 Å². The van der Waals surface area contributed by atoms with Gasteiger partial charge in [-0.1, -0.05) is 319 Å². The third kappa shape index (κ3) is 63.5. The molecule has 0 amide bonds. The van der Waals surface area contributed by atoms with Crippen LogP contribution in [-0.4, -0.2) is 98.7 Å². The number of carboxylic acid groups (broad SMARTS) is 1. The number of aromatic carboxylic acids is 1. The molecule has 1 radical (unpaired) electrons. The first-order valence-corrected chi connectivity index (χ1v) is 45.2. The Morgan fingerprint density at radius 3 is 1.05 bits per heavy atom. The van der Waals surface area contributed by atoms with E-state index in [2.05, 4.69) is 54.3 Å². The van der Waals surface area contributed by atoms with Gasteiger partial charge in [-0.3, -0.25) is 43.2 Å². The minimum atomic E-state index is -3.68. The fourth-order valence-corrected chi connectivity index (χ4v) is 11.0. The van der Waals surface area contributed by atoms with Crippen LogP contribution in [0.2, 0.25) is 25.7 Å². The quantitative estimate of drug-likeness (QED) is 0.0407. The van der Waals surface area contributed by atoms with Gasteiger partial charge in [-0.25, -0.2) is 18.4 Å². The number of nitrogens with one attached hydrogen (secondary N) is 1. The second-order valence-electron chi connectivity index (χ2n) is 34.8. The molecule has 3 aromatic carbocycles. The van der Waals surface area contributed by atoms with Crippen LogP contribution in [0.1, 0.15) is 312 Å². The number of nitrogens with two attached hydrogens (primary N) is 1. The molecular formula is C90H153AcN2O15SSi-. The van der Waals surface area contributed by atoms with Crippen LogP contribution < -0.4 is 5.14 Å². The van der Waals surface area contributed by atoms with E-state index in [0.29, 0.717) is 59.1 Å². The van der Waals surface area contributed by atoms with E-state index in [1.807, 2.05) is 148 Å². The van der Waals surface area contributed by atoms with Crippen LogP contribution in [0.5, 0.6) is 0 Å². The van der Waals surface area contributed by atoms with Crippen molar-refractivity contribution in [3.63, 3.8) is 0 Å². The molecule has 0 bridgehead atoms. The molecule has 2 aliphatic carbocycles. The summed E-state index contributed by atoms with van der Waals surface area (Å²) in [4.78, 5) is 122. The second-order valence-corrected chi connectivity index (χ2v) is 42.0. The molecule has 0 unspecified atom stereocenters. The average molecular weight is 1790 g/mol. The number of ketones is 9. The number of carbonyl (C=O) groups excluding carboxylic acids is 10. The molecular weight excluding hydrogens is 1640 g/mol. The van der Waals surface area contributed by atoms with Gasteiger partial charge in [0.2, 0.25) is 10.0 Å². The molecule has 0 aliphatic heterocycles. The minimum absolute atomic E-state index is 0. The summed E-state index contributed by atoms with van der Waals surface area (Å²) in [6.45, 7) is 59.6. The zero-order valence-electron chi connectivity index (χ0n) is 74.1. The largest absolute Gasteiger partial charge is 0.671 e. The summed E-state index contributed by atoms with van der Waals surface area (Å²) in [5.74, 6) is 4.51. The minimum Gasteiger partial charge on any atom is -0.671 e. The van der Waals surface area contributed by atoms with Gasteiger partial charge in [0.05, 0.1) is 23.0 Å². The van der Waals surface area contributed by atoms with E-state index in [1.54, 1.807) is 46.8 Å². The maximum absolute atomic E-state index is 11.5. The summed E-state index contributed by atoms with van der Waals surface area (Å²) in [7, 11) is -4.71. The number of carbonyl (C=O) groups is 11. The number of hydrogen-bond donors (Lipinski definition) is 2. The van der Waals surface area contributed by atoms with Gasteiger partial charge >= 0.3 is 11.9 Å². The molecule has 20 heteroatoms. The average Bonchev–Trinajstić information content (AvgIpc) is 0.950. The predicted molar refractivity (Wildman–Crippen MR) is 454 cm³/mol. The van der Waals surface area contributed by atoms with Gasteiger partial charge < -0.3 is 20.4 Å². The van der Waals surface area contributed by atoms with Crippen molar-refractivity contribution in [3.05, 3.63) is 107 Å². The number of hydrogen-bond acceptors (Lipinski definition) is 14. The maximum Gasteiger partial charge on any atom is 0.335 e. The van der Waals surface area contributed by atoms with Gasteiger partial charge in [0, 0.05) is 147 Å². The first-order chi connectivity index (χ1) is 49.9. The molecule has 110 heavy (non-hydrogen) atoms. The zero-order chi connectivity index (χ0) is 86.0. The smallest absolute Gasteiger partial charge is 0.335 e. The third-order valence-electron chi connectivity index (χ3n) is 17.4. The van der Waals surface area contributed by atoms with E-state index in [-0.39, 0.29) is 166 Å². The molecule has 0 aromatic heterocycles. The van der Waals surface area contributed by atoms with Gasteiger partial charge in [-0.2, -0.15) is 0 Å². The van der Waals surface area contributed by atoms with Crippen molar-refractivity contribution < 1.29 is 115 Å².